The van der Waals surface area contributed by atoms with Gasteiger partial charge >= 0.3 is 0 Å². The molecule has 0 aliphatic rings. The third-order valence-electron chi connectivity index (χ3n) is 4.73. The molecule has 0 spiro atoms. The monoisotopic (exact) mass is 445 g/mol. The molecule has 30 heavy (non-hydrogen) atoms. The van der Waals surface area contributed by atoms with E-state index in [4.69, 9.17) is 0 Å². The normalized spacial score (nSPS) is 14.4. The highest BCUT2D eigenvalue weighted by Crippen LogP contribution is 2.43. The van der Waals surface area contributed by atoms with Crippen LogP contribution in [0.2, 0.25) is 0 Å². The number of hydrogen-bond acceptors (Lipinski definition) is 7. The molecule has 0 bridgehead atoms. The zero-order chi connectivity index (χ0) is 21.1. The molecule has 10 heteroatoms. The maximum absolute atomic E-state index is 14.7. The number of benzene rings is 2. The molecule has 0 amide bonds. The number of thioether (sulfide) groups is 1. The summed E-state index contributed by atoms with van der Waals surface area (Å²) in [7, 11) is 0. The fraction of sp³-hybridized carbons (Fsp3) is 0.200. The van der Waals surface area contributed by atoms with Gasteiger partial charge in [-0.3, -0.25) is 0 Å². The average molecular weight is 446 g/mol. The maximum Gasteiger partial charge on any atom is 0.137 e. The molecule has 2 heterocycles. The second kappa shape index (κ2) is 8.58. The van der Waals surface area contributed by atoms with E-state index in [0.717, 1.165) is 21.9 Å². The molecule has 2 aromatic carbocycles. The quantitative estimate of drug-likeness (QED) is 0.431. The van der Waals surface area contributed by atoms with Gasteiger partial charge in [0.25, 0.3) is 0 Å². The van der Waals surface area contributed by atoms with Crippen molar-refractivity contribution in [2.45, 2.75) is 28.5 Å². The molecule has 0 aliphatic heterocycles. The summed E-state index contributed by atoms with van der Waals surface area (Å²) < 4.78 is 34.4. The van der Waals surface area contributed by atoms with Crippen LogP contribution < -0.4 is 0 Å². The predicted octanol–water partition coefficient (Wildman–Crippen LogP) is 4.14. The third kappa shape index (κ3) is 4.11. The fourth-order valence-corrected chi connectivity index (χ4v) is 5.26. The molecule has 154 valence electrons. The van der Waals surface area contributed by atoms with Gasteiger partial charge in [-0.25, -0.2) is 18.4 Å². The molecular weight excluding hydrogens is 428 g/mol. The SMILES string of the molecule is C[C@@H](Sc1snnc1-c1ccccc1)[C@](O)(Cn1cncn1)c1ccc(F)cc1F. The molecule has 0 saturated heterocycles. The van der Waals surface area contributed by atoms with E-state index in [0.29, 0.717) is 5.69 Å². The Kier molecular flexibility index (Phi) is 5.89. The Balaban J connectivity index is 1.70. The topological polar surface area (TPSA) is 76.7 Å². The highest BCUT2D eigenvalue weighted by Gasteiger charge is 2.40. The van der Waals surface area contributed by atoms with Crippen molar-refractivity contribution < 1.29 is 13.9 Å². The van der Waals surface area contributed by atoms with Gasteiger partial charge in [0, 0.05) is 22.4 Å². The molecule has 1 N–H and O–H groups in total. The van der Waals surface area contributed by atoms with Crippen LogP contribution in [0.15, 0.2) is 65.4 Å². The smallest absolute Gasteiger partial charge is 0.137 e. The van der Waals surface area contributed by atoms with Gasteiger partial charge in [-0.15, -0.1) is 16.9 Å². The Labute approximate surface area is 179 Å². The van der Waals surface area contributed by atoms with Crippen LogP contribution >= 0.6 is 23.3 Å². The number of aromatic nitrogens is 5. The van der Waals surface area contributed by atoms with E-state index in [1.54, 1.807) is 6.92 Å². The highest BCUT2D eigenvalue weighted by atomic mass is 32.2. The molecule has 2 atom stereocenters. The van der Waals surface area contributed by atoms with Crippen molar-refractivity contribution in [3.63, 3.8) is 0 Å². The summed E-state index contributed by atoms with van der Waals surface area (Å²) in [5.41, 5.74) is -0.124. The summed E-state index contributed by atoms with van der Waals surface area (Å²) in [6, 6.07) is 12.7. The molecule has 0 aliphatic carbocycles. The third-order valence-corrected chi connectivity index (χ3v) is 6.91. The van der Waals surface area contributed by atoms with Crippen molar-refractivity contribution in [3.05, 3.63) is 78.4 Å². The highest BCUT2D eigenvalue weighted by molar-refractivity contribution is 8.01. The summed E-state index contributed by atoms with van der Waals surface area (Å²) in [4.78, 5) is 3.89. The number of aliphatic hydroxyl groups is 1. The second-order valence-electron chi connectivity index (χ2n) is 6.68. The molecule has 6 nitrogen and oxygen atoms in total. The Morgan fingerprint density at radius 3 is 2.70 bits per heavy atom. The Morgan fingerprint density at radius 1 is 1.20 bits per heavy atom. The van der Waals surface area contributed by atoms with Crippen LogP contribution in [0, 0.1) is 11.6 Å². The van der Waals surface area contributed by atoms with Crippen molar-refractivity contribution >= 4 is 23.3 Å². The minimum atomic E-state index is -1.70. The molecular formula is C20H17F2N5OS2. The van der Waals surface area contributed by atoms with Crippen LogP contribution in [0.25, 0.3) is 11.3 Å². The van der Waals surface area contributed by atoms with Gasteiger partial charge in [-0.1, -0.05) is 40.9 Å². The van der Waals surface area contributed by atoms with E-state index in [-0.39, 0.29) is 12.1 Å². The average Bonchev–Trinajstić information content (AvgIpc) is 3.40. The maximum atomic E-state index is 14.7. The van der Waals surface area contributed by atoms with Crippen LogP contribution in [0.4, 0.5) is 8.78 Å². The summed E-state index contributed by atoms with van der Waals surface area (Å²) in [6.07, 6.45) is 2.77. The Morgan fingerprint density at radius 2 is 2.00 bits per heavy atom. The Bertz CT molecular complexity index is 1120. The zero-order valence-corrected chi connectivity index (χ0v) is 17.4. The summed E-state index contributed by atoms with van der Waals surface area (Å²) in [5, 5.41) is 19.3. The first kappa shape index (κ1) is 20.6. The van der Waals surface area contributed by atoms with Gasteiger partial charge in [0.2, 0.25) is 0 Å². The molecule has 4 aromatic rings. The summed E-state index contributed by atoms with van der Waals surface area (Å²) in [6.45, 7) is 1.72. The van der Waals surface area contributed by atoms with Gasteiger partial charge in [0.05, 0.1) is 6.54 Å². The summed E-state index contributed by atoms with van der Waals surface area (Å²) in [5.74, 6) is -1.53. The lowest BCUT2D eigenvalue weighted by Gasteiger charge is -2.34. The van der Waals surface area contributed by atoms with Gasteiger partial charge in [0.1, 0.15) is 39.8 Å². The van der Waals surface area contributed by atoms with Crippen molar-refractivity contribution in [2.24, 2.45) is 0 Å². The number of hydrogen-bond donors (Lipinski definition) is 1. The van der Waals surface area contributed by atoms with Crippen molar-refractivity contribution in [1.82, 2.24) is 24.4 Å². The number of rotatable bonds is 7. The minimum absolute atomic E-state index is 0.0156. The first-order chi connectivity index (χ1) is 14.5. The lowest BCUT2D eigenvalue weighted by atomic mass is 9.90. The van der Waals surface area contributed by atoms with Crippen molar-refractivity contribution in [1.29, 1.82) is 0 Å². The molecule has 0 unspecified atom stereocenters. The second-order valence-corrected chi connectivity index (χ2v) is 9.04. The zero-order valence-electron chi connectivity index (χ0n) is 15.8. The van der Waals surface area contributed by atoms with E-state index in [1.807, 2.05) is 30.3 Å². The Hall–Kier alpha value is -2.69. The summed E-state index contributed by atoms with van der Waals surface area (Å²) >= 11 is 2.53. The van der Waals surface area contributed by atoms with E-state index in [1.165, 1.54) is 46.7 Å². The minimum Gasteiger partial charge on any atom is -0.382 e. The largest absolute Gasteiger partial charge is 0.382 e. The number of halogens is 2. The fourth-order valence-electron chi connectivity index (χ4n) is 3.12. The molecule has 0 saturated carbocycles. The van der Waals surface area contributed by atoms with Crippen LogP contribution in [-0.2, 0) is 12.1 Å². The molecule has 4 rings (SSSR count). The van der Waals surface area contributed by atoms with Crippen molar-refractivity contribution in [3.8, 4) is 11.3 Å². The lowest BCUT2D eigenvalue weighted by Crippen LogP contribution is -2.41. The van der Waals surface area contributed by atoms with Gasteiger partial charge < -0.3 is 5.11 Å². The van der Waals surface area contributed by atoms with Gasteiger partial charge in [0.15, 0.2) is 0 Å². The van der Waals surface area contributed by atoms with Gasteiger partial charge in [-0.05, 0) is 24.5 Å². The van der Waals surface area contributed by atoms with E-state index in [2.05, 4.69) is 19.7 Å². The van der Waals surface area contributed by atoms with Crippen LogP contribution in [0.1, 0.15) is 12.5 Å². The number of nitrogens with zero attached hydrogens (tertiary/aromatic N) is 5. The lowest BCUT2D eigenvalue weighted by molar-refractivity contribution is 0.0133. The van der Waals surface area contributed by atoms with E-state index in [9.17, 15) is 13.9 Å². The molecule has 0 fully saturated rings. The van der Waals surface area contributed by atoms with Crippen molar-refractivity contribution in [2.75, 3.05) is 0 Å². The van der Waals surface area contributed by atoms with Crippen LogP contribution in [-0.4, -0.2) is 34.7 Å². The first-order valence-corrected chi connectivity index (χ1v) is 10.7. The van der Waals surface area contributed by atoms with E-state index >= 15 is 0 Å². The predicted molar refractivity (Wildman–Crippen MR) is 111 cm³/mol. The molecule has 2 aromatic heterocycles. The van der Waals surface area contributed by atoms with Gasteiger partial charge in [-0.2, -0.15) is 5.10 Å². The van der Waals surface area contributed by atoms with E-state index < -0.39 is 22.5 Å². The molecule has 0 radical (unpaired) electrons. The van der Waals surface area contributed by atoms with Crippen LogP contribution in [0.5, 0.6) is 0 Å². The van der Waals surface area contributed by atoms with Crippen LogP contribution in [0.3, 0.4) is 0 Å². The standard InChI is InChI=1S/C20H17F2N5OS2/c1-13(29-19-18(25-26-30-19)14-5-3-2-4-6-14)20(28,10-27-12-23-11-24-27)16-8-7-15(21)9-17(16)22/h2-9,11-13,28H,10H2,1H3/t13-,20-/m1/s1. The first-order valence-electron chi connectivity index (χ1n) is 9.02.